The molecule has 24 heavy (non-hydrogen) atoms. The number of benzene rings is 2. The molecule has 3 rings (SSSR count). The average molecular weight is 336 g/mol. The van der Waals surface area contributed by atoms with E-state index in [0.717, 1.165) is 24.3 Å². The van der Waals surface area contributed by atoms with E-state index in [1.165, 1.54) is 0 Å². The maximum atomic E-state index is 10.4. The smallest absolute Gasteiger partial charge is 0.126 e. The summed E-state index contributed by atoms with van der Waals surface area (Å²) in [5, 5.41) is 78.8. The van der Waals surface area contributed by atoms with Crippen LogP contribution in [0.3, 0.4) is 0 Å². The lowest BCUT2D eigenvalue weighted by Crippen LogP contribution is -2.51. The van der Waals surface area contributed by atoms with Crippen LogP contribution in [0.15, 0.2) is 24.3 Å². The van der Waals surface area contributed by atoms with Crippen molar-refractivity contribution in [3.05, 3.63) is 35.4 Å². The van der Waals surface area contributed by atoms with Crippen LogP contribution in [0.5, 0.6) is 34.5 Å². The molecule has 8 nitrogen and oxygen atoms in total. The molecule has 0 heterocycles. The summed E-state index contributed by atoms with van der Waals surface area (Å²) in [6.45, 7) is 0. The molecule has 0 amide bonds. The molecule has 0 radical (unpaired) electrons. The molecule has 0 bridgehead atoms. The van der Waals surface area contributed by atoms with E-state index < -0.39 is 47.0 Å². The van der Waals surface area contributed by atoms with Crippen LogP contribution in [0.1, 0.15) is 23.0 Å². The van der Waals surface area contributed by atoms with Crippen molar-refractivity contribution in [1.29, 1.82) is 0 Å². The normalized spacial score (nSPS) is 26.1. The summed E-state index contributed by atoms with van der Waals surface area (Å²) in [5.74, 6) is -4.99. The van der Waals surface area contributed by atoms with E-state index in [0.29, 0.717) is 0 Å². The zero-order chi connectivity index (χ0) is 17.8. The van der Waals surface area contributed by atoms with Crippen molar-refractivity contribution in [3.63, 3.8) is 0 Å². The number of hydrogen-bond donors (Lipinski definition) is 8. The van der Waals surface area contributed by atoms with Gasteiger partial charge in [0.25, 0.3) is 0 Å². The quantitative estimate of drug-likeness (QED) is 0.394. The molecule has 2 aromatic carbocycles. The molecule has 8 N–H and O–H groups in total. The Labute approximate surface area is 135 Å². The summed E-state index contributed by atoms with van der Waals surface area (Å²) < 4.78 is 0. The van der Waals surface area contributed by atoms with Crippen molar-refractivity contribution in [1.82, 2.24) is 0 Å². The first-order valence-electron chi connectivity index (χ1n) is 7.08. The molecule has 2 aromatic rings. The van der Waals surface area contributed by atoms with E-state index in [1.807, 2.05) is 0 Å². The first kappa shape index (κ1) is 16.0. The zero-order valence-electron chi connectivity index (χ0n) is 12.2. The second-order valence-electron chi connectivity index (χ2n) is 5.83. The van der Waals surface area contributed by atoms with Crippen molar-refractivity contribution in [2.24, 2.45) is 0 Å². The summed E-state index contributed by atoms with van der Waals surface area (Å²) in [7, 11) is 0. The van der Waals surface area contributed by atoms with Gasteiger partial charge in [0.05, 0.1) is 12.2 Å². The summed E-state index contributed by atoms with van der Waals surface area (Å²) in [5.41, 5.74) is -0.302. The van der Waals surface area contributed by atoms with Gasteiger partial charge in [0.2, 0.25) is 0 Å². The second-order valence-corrected chi connectivity index (χ2v) is 5.83. The van der Waals surface area contributed by atoms with Gasteiger partial charge in [-0.1, -0.05) is 0 Å². The molecule has 0 atom stereocenters. The maximum Gasteiger partial charge on any atom is 0.126 e. The Bertz CT molecular complexity index is 681. The molecule has 0 spiro atoms. The standard InChI is InChI=1S/C16H16O8/c17-5-1-7(19)11(8(20)2-5)13-15(23)14(16(13)24)12-9(21)3-6(18)4-10(12)22/h1-4,13-24H. The van der Waals surface area contributed by atoms with Gasteiger partial charge >= 0.3 is 0 Å². The van der Waals surface area contributed by atoms with Gasteiger partial charge in [-0.05, 0) is 0 Å². The van der Waals surface area contributed by atoms with Gasteiger partial charge in [0.15, 0.2) is 0 Å². The fraction of sp³-hybridized carbons (Fsp3) is 0.250. The predicted molar refractivity (Wildman–Crippen MR) is 80.4 cm³/mol. The van der Waals surface area contributed by atoms with Crippen molar-refractivity contribution < 1.29 is 40.9 Å². The second kappa shape index (κ2) is 5.36. The van der Waals surface area contributed by atoms with Gasteiger partial charge in [-0.15, -0.1) is 0 Å². The minimum absolute atomic E-state index is 0.151. The molecule has 1 aliphatic rings. The number of rotatable bonds is 2. The zero-order valence-corrected chi connectivity index (χ0v) is 12.2. The summed E-state index contributed by atoms with van der Waals surface area (Å²) in [4.78, 5) is 0. The molecule has 0 aromatic heterocycles. The lowest BCUT2D eigenvalue weighted by atomic mass is 9.62. The third-order valence-electron chi connectivity index (χ3n) is 4.38. The predicted octanol–water partition coefficient (Wildman–Crippen LogP) is 0.523. The Morgan fingerprint density at radius 1 is 0.500 bits per heavy atom. The van der Waals surface area contributed by atoms with Crippen LogP contribution in [0.4, 0.5) is 0 Å². The van der Waals surface area contributed by atoms with Gasteiger partial charge in [0.1, 0.15) is 34.5 Å². The van der Waals surface area contributed by atoms with Gasteiger partial charge in [-0.25, -0.2) is 0 Å². The highest BCUT2D eigenvalue weighted by Gasteiger charge is 2.54. The Hall–Kier alpha value is -2.84. The molecule has 1 saturated carbocycles. The van der Waals surface area contributed by atoms with Crippen LogP contribution in [0.2, 0.25) is 0 Å². The molecular formula is C16H16O8. The van der Waals surface area contributed by atoms with Gasteiger partial charge < -0.3 is 40.9 Å². The molecule has 0 saturated heterocycles. The number of aromatic hydroxyl groups is 6. The molecule has 1 aliphatic carbocycles. The van der Waals surface area contributed by atoms with E-state index in [9.17, 15) is 40.9 Å². The molecule has 8 heteroatoms. The van der Waals surface area contributed by atoms with E-state index in [2.05, 4.69) is 0 Å². The minimum Gasteiger partial charge on any atom is -0.508 e. The van der Waals surface area contributed by atoms with Gasteiger partial charge in [-0.3, -0.25) is 0 Å². The Morgan fingerprint density at radius 3 is 1.00 bits per heavy atom. The first-order valence-corrected chi connectivity index (χ1v) is 7.08. The molecule has 1 fully saturated rings. The van der Waals surface area contributed by atoms with Crippen molar-refractivity contribution in [2.75, 3.05) is 0 Å². The molecule has 0 unspecified atom stereocenters. The highest BCUT2D eigenvalue weighted by atomic mass is 16.3. The highest BCUT2D eigenvalue weighted by Crippen LogP contribution is 2.56. The topological polar surface area (TPSA) is 162 Å². The van der Waals surface area contributed by atoms with E-state index in [1.54, 1.807) is 0 Å². The summed E-state index contributed by atoms with van der Waals surface area (Å²) in [6.07, 6.45) is -2.69. The third kappa shape index (κ3) is 2.24. The SMILES string of the molecule is Oc1cc(O)c(C2C(O)C(c3c(O)cc(O)cc3O)C2O)c(O)c1. The summed E-state index contributed by atoms with van der Waals surface area (Å²) in [6, 6.07) is 3.82. The third-order valence-corrected chi connectivity index (χ3v) is 4.38. The van der Waals surface area contributed by atoms with E-state index >= 15 is 0 Å². The molecule has 0 aliphatic heterocycles. The summed E-state index contributed by atoms with van der Waals surface area (Å²) >= 11 is 0. The van der Waals surface area contributed by atoms with Crippen LogP contribution in [-0.4, -0.2) is 53.1 Å². The molecular weight excluding hydrogens is 320 g/mol. The number of phenols is 6. The minimum atomic E-state index is -1.34. The van der Waals surface area contributed by atoms with Gasteiger partial charge in [0, 0.05) is 47.2 Å². The van der Waals surface area contributed by atoms with Gasteiger partial charge in [-0.2, -0.15) is 0 Å². The van der Waals surface area contributed by atoms with Crippen molar-refractivity contribution in [2.45, 2.75) is 24.0 Å². The number of hydrogen-bond acceptors (Lipinski definition) is 8. The van der Waals surface area contributed by atoms with Crippen LogP contribution < -0.4 is 0 Å². The average Bonchev–Trinajstić information content (AvgIpc) is 2.46. The van der Waals surface area contributed by atoms with Crippen LogP contribution in [0, 0.1) is 0 Å². The maximum absolute atomic E-state index is 10.4. The van der Waals surface area contributed by atoms with Crippen LogP contribution >= 0.6 is 0 Å². The Balaban J connectivity index is 2.00. The first-order chi connectivity index (χ1) is 11.2. The monoisotopic (exact) mass is 336 g/mol. The fourth-order valence-electron chi connectivity index (χ4n) is 3.29. The highest BCUT2D eigenvalue weighted by molar-refractivity contribution is 5.57. The largest absolute Gasteiger partial charge is 0.508 e. The number of aliphatic hydroxyl groups is 2. The van der Waals surface area contributed by atoms with Crippen LogP contribution in [0.25, 0.3) is 0 Å². The Kier molecular flexibility index (Phi) is 3.58. The number of aliphatic hydroxyl groups excluding tert-OH is 2. The molecule has 128 valence electrons. The van der Waals surface area contributed by atoms with Crippen molar-refractivity contribution >= 4 is 0 Å². The van der Waals surface area contributed by atoms with Crippen LogP contribution in [-0.2, 0) is 0 Å². The lowest BCUT2D eigenvalue weighted by molar-refractivity contribution is -0.0810. The lowest BCUT2D eigenvalue weighted by Gasteiger charge is -2.47. The fourth-order valence-corrected chi connectivity index (χ4v) is 3.29. The van der Waals surface area contributed by atoms with E-state index in [-0.39, 0.29) is 22.6 Å². The van der Waals surface area contributed by atoms with Crippen molar-refractivity contribution in [3.8, 4) is 34.5 Å². The Morgan fingerprint density at radius 2 is 0.750 bits per heavy atom. The van der Waals surface area contributed by atoms with E-state index in [4.69, 9.17) is 0 Å². The number of phenolic OH excluding ortho intramolecular Hbond substituents is 6.